The van der Waals surface area contributed by atoms with E-state index in [1.165, 1.54) is 31.4 Å². The first-order chi connectivity index (χ1) is 7.86. The first kappa shape index (κ1) is 11.6. The Morgan fingerprint density at radius 1 is 1.38 bits per heavy atom. The Kier molecular flexibility index (Phi) is 4.31. The van der Waals surface area contributed by atoms with E-state index in [4.69, 9.17) is 0 Å². The molecule has 0 saturated carbocycles. The minimum atomic E-state index is 0.718. The maximum absolute atomic E-state index is 4.02. The summed E-state index contributed by atoms with van der Waals surface area (Å²) in [4.78, 5) is 6.49. The quantitative estimate of drug-likeness (QED) is 0.834. The van der Waals surface area contributed by atoms with Gasteiger partial charge in [0.15, 0.2) is 0 Å². The van der Waals surface area contributed by atoms with Crippen molar-refractivity contribution in [3.8, 4) is 0 Å². The third-order valence-corrected chi connectivity index (χ3v) is 3.38. The van der Waals surface area contributed by atoms with Crippen molar-refractivity contribution in [1.29, 1.82) is 0 Å². The lowest BCUT2D eigenvalue weighted by molar-refractivity contribution is 0.181. The van der Waals surface area contributed by atoms with Gasteiger partial charge in [0.05, 0.1) is 0 Å². The molecule has 16 heavy (non-hydrogen) atoms. The van der Waals surface area contributed by atoms with E-state index in [0.717, 1.165) is 19.1 Å². The van der Waals surface area contributed by atoms with Gasteiger partial charge >= 0.3 is 0 Å². The maximum Gasteiger partial charge on any atom is 0.0271 e. The van der Waals surface area contributed by atoms with E-state index >= 15 is 0 Å². The summed E-state index contributed by atoms with van der Waals surface area (Å²) in [6.07, 6.45) is 7.77. The number of hydrogen-bond acceptors (Lipinski definition) is 3. The van der Waals surface area contributed by atoms with Gasteiger partial charge in [-0.2, -0.15) is 0 Å². The van der Waals surface area contributed by atoms with Crippen LogP contribution in [0.1, 0.15) is 24.8 Å². The number of likely N-dealkylation sites (N-methyl/N-ethyl adjacent to an activating group) is 1. The SMILES string of the molecule is CN1CCCCC1CNCc1ccncc1. The zero-order valence-corrected chi connectivity index (χ0v) is 10.0. The number of piperidine rings is 1. The number of nitrogens with one attached hydrogen (secondary N) is 1. The zero-order valence-electron chi connectivity index (χ0n) is 10.0. The van der Waals surface area contributed by atoms with Crippen LogP contribution in [0.2, 0.25) is 0 Å². The Morgan fingerprint density at radius 3 is 2.94 bits per heavy atom. The summed E-state index contributed by atoms with van der Waals surface area (Å²) < 4.78 is 0. The molecule has 3 heteroatoms. The lowest BCUT2D eigenvalue weighted by Crippen LogP contribution is -2.42. The summed E-state index contributed by atoms with van der Waals surface area (Å²) in [5.41, 5.74) is 1.31. The molecule has 0 spiro atoms. The number of likely N-dealkylation sites (tertiary alicyclic amines) is 1. The molecule has 0 bridgehead atoms. The van der Waals surface area contributed by atoms with Crippen molar-refractivity contribution < 1.29 is 0 Å². The molecule has 1 atom stereocenters. The van der Waals surface area contributed by atoms with E-state index in [1.54, 1.807) is 0 Å². The Labute approximate surface area is 97.9 Å². The maximum atomic E-state index is 4.02. The van der Waals surface area contributed by atoms with Gasteiger partial charge in [0.2, 0.25) is 0 Å². The Hall–Kier alpha value is -0.930. The zero-order chi connectivity index (χ0) is 11.2. The first-order valence-electron chi connectivity index (χ1n) is 6.16. The second-order valence-electron chi connectivity index (χ2n) is 4.62. The molecule has 88 valence electrons. The lowest BCUT2D eigenvalue weighted by Gasteiger charge is -2.32. The standard InChI is InChI=1S/C13H21N3/c1-16-9-3-2-4-13(16)11-15-10-12-5-7-14-8-6-12/h5-8,13,15H,2-4,9-11H2,1H3. The molecule has 0 aromatic carbocycles. The normalized spacial score (nSPS) is 22.2. The fourth-order valence-corrected chi connectivity index (χ4v) is 2.29. The molecule has 1 aliphatic rings. The van der Waals surface area contributed by atoms with Crippen LogP contribution in [-0.2, 0) is 6.54 Å². The molecule has 1 saturated heterocycles. The minimum absolute atomic E-state index is 0.718. The molecule has 1 aliphatic heterocycles. The molecule has 1 aromatic rings. The van der Waals surface area contributed by atoms with Crippen molar-refractivity contribution in [2.45, 2.75) is 31.8 Å². The fourth-order valence-electron chi connectivity index (χ4n) is 2.29. The van der Waals surface area contributed by atoms with Gasteiger partial charge in [-0.05, 0) is 44.1 Å². The average molecular weight is 219 g/mol. The number of aromatic nitrogens is 1. The summed E-state index contributed by atoms with van der Waals surface area (Å²) in [7, 11) is 2.23. The largest absolute Gasteiger partial charge is 0.311 e. The van der Waals surface area contributed by atoms with E-state index in [2.05, 4.69) is 34.4 Å². The molecule has 1 N–H and O–H groups in total. The van der Waals surface area contributed by atoms with Crippen molar-refractivity contribution in [2.75, 3.05) is 20.1 Å². The molecule has 2 heterocycles. The van der Waals surface area contributed by atoms with Crippen LogP contribution in [-0.4, -0.2) is 36.1 Å². The van der Waals surface area contributed by atoms with Crippen LogP contribution in [0.4, 0.5) is 0 Å². The molecule has 3 nitrogen and oxygen atoms in total. The van der Waals surface area contributed by atoms with Crippen LogP contribution in [0.3, 0.4) is 0 Å². The number of rotatable bonds is 4. The second kappa shape index (κ2) is 5.97. The Bertz CT molecular complexity index is 299. The highest BCUT2D eigenvalue weighted by Crippen LogP contribution is 2.14. The highest BCUT2D eigenvalue weighted by molar-refractivity contribution is 5.09. The molecule has 1 unspecified atom stereocenters. The topological polar surface area (TPSA) is 28.2 Å². The predicted molar refractivity (Wildman–Crippen MR) is 66.2 cm³/mol. The molecule has 0 aliphatic carbocycles. The Morgan fingerprint density at radius 2 is 2.19 bits per heavy atom. The van der Waals surface area contributed by atoms with E-state index in [-0.39, 0.29) is 0 Å². The highest BCUT2D eigenvalue weighted by Gasteiger charge is 2.17. The summed E-state index contributed by atoms with van der Waals surface area (Å²) in [5, 5.41) is 3.53. The van der Waals surface area contributed by atoms with Gasteiger partial charge in [0.25, 0.3) is 0 Å². The minimum Gasteiger partial charge on any atom is -0.311 e. The third-order valence-electron chi connectivity index (χ3n) is 3.38. The first-order valence-corrected chi connectivity index (χ1v) is 6.16. The summed E-state index contributed by atoms with van der Waals surface area (Å²) in [6.45, 7) is 3.30. The number of pyridine rings is 1. The summed E-state index contributed by atoms with van der Waals surface area (Å²) in [5.74, 6) is 0. The van der Waals surface area contributed by atoms with Crippen LogP contribution in [0, 0.1) is 0 Å². The van der Waals surface area contributed by atoms with Crippen molar-refractivity contribution in [2.24, 2.45) is 0 Å². The fraction of sp³-hybridized carbons (Fsp3) is 0.615. The van der Waals surface area contributed by atoms with Crippen LogP contribution in [0.15, 0.2) is 24.5 Å². The van der Waals surface area contributed by atoms with Crippen LogP contribution in [0.25, 0.3) is 0 Å². The molecule has 0 radical (unpaired) electrons. The molecular weight excluding hydrogens is 198 g/mol. The molecule has 1 aromatic heterocycles. The van der Waals surface area contributed by atoms with Crippen LogP contribution >= 0.6 is 0 Å². The van der Waals surface area contributed by atoms with Crippen LogP contribution in [0.5, 0.6) is 0 Å². The van der Waals surface area contributed by atoms with Gasteiger partial charge in [-0.15, -0.1) is 0 Å². The van der Waals surface area contributed by atoms with Crippen molar-refractivity contribution in [3.05, 3.63) is 30.1 Å². The van der Waals surface area contributed by atoms with Gasteiger partial charge in [0, 0.05) is 31.5 Å². The smallest absolute Gasteiger partial charge is 0.0271 e. The summed E-state index contributed by atoms with van der Waals surface area (Å²) >= 11 is 0. The highest BCUT2D eigenvalue weighted by atomic mass is 15.2. The predicted octanol–water partition coefficient (Wildman–Crippen LogP) is 1.66. The van der Waals surface area contributed by atoms with Gasteiger partial charge in [-0.3, -0.25) is 4.98 Å². The molecule has 2 rings (SSSR count). The Balaban J connectivity index is 1.71. The van der Waals surface area contributed by atoms with Gasteiger partial charge < -0.3 is 10.2 Å². The number of hydrogen-bond donors (Lipinski definition) is 1. The van der Waals surface area contributed by atoms with Gasteiger partial charge in [-0.1, -0.05) is 6.42 Å². The molecule has 0 amide bonds. The van der Waals surface area contributed by atoms with Crippen molar-refractivity contribution in [1.82, 2.24) is 15.2 Å². The molecular formula is C13H21N3. The monoisotopic (exact) mass is 219 g/mol. The van der Waals surface area contributed by atoms with Crippen LogP contribution < -0.4 is 5.32 Å². The van der Waals surface area contributed by atoms with Gasteiger partial charge in [0.1, 0.15) is 0 Å². The van der Waals surface area contributed by atoms with Crippen molar-refractivity contribution >= 4 is 0 Å². The molecule has 1 fully saturated rings. The van der Waals surface area contributed by atoms with E-state index < -0.39 is 0 Å². The van der Waals surface area contributed by atoms with E-state index in [1.807, 2.05) is 12.4 Å². The summed E-state index contributed by atoms with van der Waals surface area (Å²) in [6, 6.07) is 4.85. The second-order valence-corrected chi connectivity index (χ2v) is 4.62. The van der Waals surface area contributed by atoms with Gasteiger partial charge in [-0.25, -0.2) is 0 Å². The lowest BCUT2D eigenvalue weighted by atomic mass is 10.0. The third kappa shape index (κ3) is 3.29. The van der Waals surface area contributed by atoms with Crippen molar-refractivity contribution in [3.63, 3.8) is 0 Å². The van der Waals surface area contributed by atoms with E-state index in [0.29, 0.717) is 0 Å². The van der Waals surface area contributed by atoms with E-state index in [9.17, 15) is 0 Å². The number of nitrogens with zero attached hydrogens (tertiary/aromatic N) is 2. The average Bonchev–Trinajstić information content (AvgIpc) is 2.33.